The molecule has 22 heavy (non-hydrogen) atoms. The standard InChI is InChI=1S/C20H18N2/c1-15-3-7-17(8-4-15)9-10-18-13-21-20(22-14-18)19-11-5-16(2)6-12-19/h3-14H,1-2H3/b10-9+. The number of benzene rings is 2. The first kappa shape index (κ1) is 14.2. The van der Waals surface area contributed by atoms with Crippen molar-refractivity contribution in [2.75, 3.05) is 0 Å². The molecule has 0 aliphatic heterocycles. The minimum atomic E-state index is 0.757. The van der Waals surface area contributed by atoms with Crippen LogP contribution in [-0.4, -0.2) is 9.97 Å². The Balaban J connectivity index is 1.76. The zero-order valence-corrected chi connectivity index (χ0v) is 12.8. The summed E-state index contributed by atoms with van der Waals surface area (Å²) in [6.07, 6.45) is 7.81. The molecular formula is C20H18N2. The van der Waals surface area contributed by atoms with Gasteiger partial charge < -0.3 is 0 Å². The first-order valence-electron chi connectivity index (χ1n) is 7.34. The molecule has 0 amide bonds. The van der Waals surface area contributed by atoms with Crippen LogP contribution in [0.1, 0.15) is 22.3 Å². The van der Waals surface area contributed by atoms with Gasteiger partial charge in [-0.2, -0.15) is 0 Å². The van der Waals surface area contributed by atoms with E-state index in [4.69, 9.17) is 0 Å². The average Bonchev–Trinajstić information content (AvgIpc) is 2.56. The fourth-order valence-corrected chi connectivity index (χ4v) is 2.15. The summed E-state index contributed by atoms with van der Waals surface area (Å²) < 4.78 is 0. The first-order chi connectivity index (χ1) is 10.7. The van der Waals surface area contributed by atoms with Crippen LogP contribution >= 0.6 is 0 Å². The van der Waals surface area contributed by atoms with Crippen LogP contribution in [0, 0.1) is 13.8 Å². The first-order valence-corrected chi connectivity index (χ1v) is 7.34. The van der Waals surface area contributed by atoms with Gasteiger partial charge in [0.2, 0.25) is 0 Å². The van der Waals surface area contributed by atoms with Gasteiger partial charge in [0.05, 0.1) is 0 Å². The molecule has 0 saturated heterocycles. The molecule has 0 unspecified atom stereocenters. The number of nitrogens with zero attached hydrogens (tertiary/aromatic N) is 2. The van der Waals surface area contributed by atoms with Gasteiger partial charge in [-0.15, -0.1) is 0 Å². The van der Waals surface area contributed by atoms with Gasteiger partial charge in [-0.25, -0.2) is 9.97 Å². The molecule has 0 bridgehead atoms. The maximum absolute atomic E-state index is 4.44. The minimum Gasteiger partial charge on any atom is -0.236 e. The van der Waals surface area contributed by atoms with Crippen LogP contribution in [0.2, 0.25) is 0 Å². The van der Waals surface area contributed by atoms with E-state index in [1.807, 2.05) is 30.6 Å². The molecule has 2 heteroatoms. The predicted molar refractivity (Wildman–Crippen MR) is 92.3 cm³/mol. The summed E-state index contributed by atoms with van der Waals surface area (Å²) in [6.45, 7) is 4.16. The highest BCUT2D eigenvalue weighted by molar-refractivity contribution is 5.69. The molecule has 3 rings (SSSR count). The molecule has 2 aromatic carbocycles. The molecule has 108 valence electrons. The van der Waals surface area contributed by atoms with E-state index in [1.165, 1.54) is 16.7 Å². The Morgan fingerprint density at radius 1 is 0.636 bits per heavy atom. The summed E-state index contributed by atoms with van der Waals surface area (Å²) in [5.74, 6) is 0.757. The highest BCUT2D eigenvalue weighted by Gasteiger charge is 2.00. The molecule has 2 nitrogen and oxygen atoms in total. The summed E-state index contributed by atoms with van der Waals surface area (Å²) >= 11 is 0. The quantitative estimate of drug-likeness (QED) is 0.682. The maximum atomic E-state index is 4.44. The molecule has 1 aromatic heterocycles. The normalized spacial score (nSPS) is 11.0. The lowest BCUT2D eigenvalue weighted by Crippen LogP contribution is -1.89. The highest BCUT2D eigenvalue weighted by Crippen LogP contribution is 2.15. The molecule has 1 heterocycles. The molecule has 0 aliphatic carbocycles. The molecule has 0 fully saturated rings. The van der Waals surface area contributed by atoms with Crippen molar-refractivity contribution in [1.29, 1.82) is 0 Å². The van der Waals surface area contributed by atoms with Crippen molar-refractivity contribution in [2.24, 2.45) is 0 Å². The summed E-state index contributed by atoms with van der Waals surface area (Å²) in [5, 5.41) is 0. The van der Waals surface area contributed by atoms with Crippen molar-refractivity contribution in [1.82, 2.24) is 9.97 Å². The molecule has 0 saturated carbocycles. The monoisotopic (exact) mass is 286 g/mol. The van der Waals surface area contributed by atoms with Crippen LogP contribution < -0.4 is 0 Å². The van der Waals surface area contributed by atoms with Gasteiger partial charge in [-0.3, -0.25) is 0 Å². The van der Waals surface area contributed by atoms with Gasteiger partial charge in [0.25, 0.3) is 0 Å². The average molecular weight is 286 g/mol. The number of hydrogen-bond acceptors (Lipinski definition) is 2. The summed E-state index contributed by atoms with van der Waals surface area (Å²) in [6, 6.07) is 16.7. The number of aromatic nitrogens is 2. The lowest BCUT2D eigenvalue weighted by atomic mass is 10.1. The van der Waals surface area contributed by atoms with E-state index >= 15 is 0 Å². The van der Waals surface area contributed by atoms with E-state index in [9.17, 15) is 0 Å². The van der Waals surface area contributed by atoms with Crippen LogP contribution in [0.15, 0.2) is 60.9 Å². The van der Waals surface area contributed by atoms with E-state index in [0.29, 0.717) is 0 Å². The van der Waals surface area contributed by atoms with E-state index in [0.717, 1.165) is 17.0 Å². The summed E-state index contributed by atoms with van der Waals surface area (Å²) in [4.78, 5) is 8.89. The minimum absolute atomic E-state index is 0.757. The van der Waals surface area contributed by atoms with Gasteiger partial charge in [0.15, 0.2) is 5.82 Å². The Bertz CT molecular complexity index is 767. The van der Waals surface area contributed by atoms with Crippen LogP contribution in [0.25, 0.3) is 23.5 Å². The molecule has 3 aromatic rings. The Kier molecular flexibility index (Phi) is 4.10. The van der Waals surface area contributed by atoms with Crippen molar-refractivity contribution in [3.8, 4) is 11.4 Å². The van der Waals surface area contributed by atoms with E-state index < -0.39 is 0 Å². The van der Waals surface area contributed by atoms with Crippen molar-refractivity contribution < 1.29 is 0 Å². The summed E-state index contributed by atoms with van der Waals surface area (Å²) in [5.41, 5.74) is 5.72. The van der Waals surface area contributed by atoms with Crippen LogP contribution in [0.4, 0.5) is 0 Å². The predicted octanol–water partition coefficient (Wildman–Crippen LogP) is 4.93. The Morgan fingerprint density at radius 3 is 1.73 bits per heavy atom. The maximum Gasteiger partial charge on any atom is 0.159 e. The number of hydrogen-bond donors (Lipinski definition) is 0. The van der Waals surface area contributed by atoms with Gasteiger partial charge in [0, 0.05) is 23.5 Å². The van der Waals surface area contributed by atoms with E-state index in [-0.39, 0.29) is 0 Å². The SMILES string of the molecule is Cc1ccc(/C=C/c2cnc(-c3ccc(C)cc3)nc2)cc1. The van der Waals surface area contributed by atoms with Crippen molar-refractivity contribution >= 4 is 12.2 Å². The van der Waals surface area contributed by atoms with Gasteiger partial charge in [-0.1, -0.05) is 71.8 Å². The molecule has 0 radical (unpaired) electrons. The third kappa shape index (κ3) is 3.47. The zero-order valence-electron chi connectivity index (χ0n) is 12.8. The second kappa shape index (κ2) is 6.35. The van der Waals surface area contributed by atoms with Crippen molar-refractivity contribution in [2.45, 2.75) is 13.8 Å². The van der Waals surface area contributed by atoms with Crippen LogP contribution in [-0.2, 0) is 0 Å². The van der Waals surface area contributed by atoms with Gasteiger partial charge in [-0.05, 0) is 19.4 Å². The number of aryl methyl sites for hydroxylation is 2. The Hall–Kier alpha value is -2.74. The van der Waals surface area contributed by atoms with E-state index in [2.05, 4.69) is 66.3 Å². The molecular weight excluding hydrogens is 268 g/mol. The fraction of sp³-hybridized carbons (Fsp3) is 0.100. The lowest BCUT2D eigenvalue weighted by Gasteiger charge is -2.01. The van der Waals surface area contributed by atoms with Crippen molar-refractivity contribution in [3.63, 3.8) is 0 Å². The topological polar surface area (TPSA) is 25.8 Å². The number of rotatable bonds is 3. The van der Waals surface area contributed by atoms with E-state index in [1.54, 1.807) is 0 Å². The summed E-state index contributed by atoms with van der Waals surface area (Å²) in [7, 11) is 0. The van der Waals surface area contributed by atoms with Gasteiger partial charge in [0.1, 0.15) is 0 Å². The van der Waals surface area contributed by atoms with Crippen molar-refractivity contribution in [3.05, 3.63) is 83.2 Å². The lowest BCUT2D eigenvalue weighted by molar-refractivity contribution is 1.17. The molecule has 0 aliphatic rings. The molecule has 0 atom stereocenters. The molecule has 0 N–H and O–H groups in total. The fourth-order valence-electron chi connectivity index (χ4n) is 2.15. The second-order valence-electron chi connectivity index (χ2n) is 5.45. The molecule has 0 spiro atoms. The Labute approximate surface area is 131 Å². The zero-order chi connectivity index (χ0) is 15.4. The third-order valence-electron chi connectivity index (χ3n) is 3.53. The van der Waals surface area contributed by atoms with Gasteiger partial charge >= 0.3 is 0 Å². The highest BCUT2D eigenvalue weighted by atomic mass is 14.9. The largest absolute Gasteiger partial charge is 0.236 e. The van der Waals surface area contributed by atoms with Crippen LogP contribution in [0.3, 0.4) is 0 Å². The Morgan fingerprint density at radius 2 is 1.14 bits per heavy atom. The van der Waals surface area contributed by atoms with Crippen LogP contribution in [0.5, 0.6) is 0 Å². The second-order valence-corrected chi connectivity index (χ2v) is 5.45. The third-order valence-corrected chi connectivity index (χ3v) is 3.53. The smallest absolute Gasteiger partial charge is 0.159 e.